The van der Waals surface area contributed by atoms with Gasteiger partial charge in [-0.2, -0.15) is 11.8 Å². The number of hydrogen-bond acceptors (Lipinski definition) is 3. The SMILES string of the molecule is C=CCSCCNCC1CCC2(CCCCC2)O1. The van der Waals surface area contributed by atoms with Crippen molar-refractivity contribution < 1.29 is 4.74 Å². The zero-order valence-electron chi connectivity index (χ0n) is 11.5. The molecule has 1 saturated carbocycles. The van der Waals surface area contributed by atoms with Gasteiger partial charge in [-0.25, -0.2) is 0 Å². The quantitative estimate of drug-likeness (QED) is 0.565. The van der Waals surface area contributed by atoms with Gasteiger partial charge in [0.05, 0.1) is 11.7 Å². The van der Waals surface area contributed by atoms with Crippen LogP contribution in [-0.2, 0) is 4.74 Å². The minimum absolute atomic E-state index is 0.280. The lowest BCUT2D eigenvalue weighted by atomic mass is 9.83. The molecule has 2 nitrogen and oxygen atoms in total. The van der Waals surface area contributed by atoms with Crippen LogP contribution in [-0.4, -0.2) is 36.3 Å². The van der Waals surface area contributed by atoms with Crippen LogP contribution >= 0.6 is 11.8 Å². The van der Waals surface area contributed by atoms with Crippen LogP contribution in [0.2, 0.25) is 0 Å². The molecule has 2 fully saturated rings. The van der Waals surface area contributed by atoms with Gasteiger partial charge in [-0.05, 0) is 25.7 Å². The predicted molar refractivity (Wildman–Crippen MR) is 80.3 cm³/mol. The maximum absolute atomic E-state index is 6.33. The largest absolute Gasteiger partial charge is 0.370 e. The molecular weight excluding hydrogens is 242 g/mol. The van der Waals surface area contributed by atoms with E-state index in [-0.39, 0.29) is 5.60 Å². The molecule has 2 rings (SSSR count). The Morgan fingerprint density at radius 3 is 2.89 bits per heavy atom. The molecule has 104 valence electrons. The van der Waals surface area contributed by atoms with E-state index in [4.69, 9.17) is 4.74 Å². The Bertz CT molecular complexity index is 251. The van der Waals surface area contributed by atoms with Crippen LogP contribution in [0.25, 0.3) is 0 Å². The first-order chi connectivity index (χ1) is 8.85. The third-order valence-corrected chi connectivity index (χ3v) is 5.10. The van der Waals surface area contributed by atoms with E-state index >= 15 is 0 Å². The van der Waals surface area contributed by atoms with Crippen molar-refractivity contribution in [2.45, 2.75) is 56.7 Å². The van der Waals surface area contributed by atoms with Crippen LogP contribution < -0.4 is 5.32 Å². The fourth-order valence-corrected chi connectivity index (χ4v) is 3.80. The van der Waals surface area contributed by atoms with Crippen molar-refractivity contribution in [1.29, 1.82) is 0 Å². The number of hydrogen-bond donors (Lipinski definition) is 1. The Kier molecular flexibility index (Phi) is 6.06. The lowest BCUT2D eigenvalue weighted by molar-refractivity contribution is -0.0621. The highest BCUT2D eigenvalue weighted by atomic mass is 32.2. The summed E-state index contributed by atoms with van der Waals surface area (Å²) < 4.78 is 6.33. The molecular formula is C15H27NOS. The summed E-state index contributed by atoms with van der Waals surface area (Å²) in [5, 5.41) is 3.53. The molecule has 1 atom stereocenters. The van der Waals surface area contributed by atoms with Crippen LogP contribution in [0.3, 0.4) is 0 Å². The molecule has 0 bridgehead atoms. The smallest absolute Gasteiger partial charge is 0.0708 e. The number of ether oxygens (including phenoxy) is 1. The Morgan fingerprint density at radius 1 is 1.28 bits per heavy atom. The van der Waals surface area contributed by atoms with Crippen LogP contribution in [0.4, 0.5) is 0 Å². The number of nitrogens with one attached hydrogen (secondary N) is 1. The monoisotopic (exact) mass is 269 g/mol. The summed E-state index contributed by atoms with van der Waals surface area (Å²) in [6.07, 6.45) is 11.8. The van der Waals surface area contributed by atoms with Crippen molar-refractivity contribution in [2.24, 2.45) is 0 Å². The van der Waals surface area contributed by atoms with Crippen LogP contribution in [0, 0.1) is 0 Å². The van der Waals surface area contributed by atoms with Gasteiger partial charge < -0.3 is 10.1 Å². The van der Waals surface area contributed by atoms with Crippen molar-refractivity contribution in [3.63, 3.8) is 0 Å². The Morgan fingerprint density at radius 2 is 2.11 bits per heavy atom. The molecule has 2 aliphatic rings. The second kappa shape index (κ2) is 7.56. The van der Waals surface area contributed by atoms with Crippen molar-refractivity contribution in [3.8, 4) is 0 Å². The van der Waals surface area contributed by atoms with Crippen molar-refractivity contribution in [1.82, 2.24) is 5.32 Å². The van der Waals surface area contributed by atoms with Crippen LogP contribution in [0.15, 0.2) is 12.7 Å². The topological polar surface area (TPSA) is 21.3 Å². The highest BCUT2D eigenvalue weighted by Gasteiger charge is 2.40. The average molecular weight is 269 g/mol. The van der Waals surface area contributed by atoms with E-state index in [1.807, 2.05) is 17.8 Å². The van der Waals surface area contributed by atoms with Crippen LogP contribution in [0.5, 0.6) is 0 Å². The molecule has 0 radical (unpaired) electrons. The number of rotatable bonds is 7. The summed E-state index contributed by atoms with van der Waals surface area (Å²) in [4.78, 5) is 0. The summed E-state index contributed by atoms with van der Waals surface area (Å²) in [5.41, 5.74) is 0.280. The first-order valence-electron chi connectivity index (χ1n) is 7.42. The van der Waals surface area contributed by atoms with Gasteiger partial charge >= 0.3 is 0 Å². The molecule has 1 aliphatic carbocycles. The lowest BCUT2D eigenvalue weighted by Crippen LogP contribution is -2.35. The molecule has 0 amide bonds. The van der Waals surface area contributed by atoms with Gasteiger partial charge in [0.2, 0.25) is 0 Å². The Balaban J connectivity index is 1.56. The third kappa shape index (κ3) is 4.29. The highest BCUT2D eigenvalue weighted by molar-refractivity contribution is 7.99. The summed E-state index contributed by atoms with van der Waals surface area (Å²) in [5.74, 6) is 2.23. The van der Waals surface area contributed by atoms with Crippen LogP contribution in [0.1, 0.15) is 44.9 Å². The molecule has 18 heavy (non-hydrogen) atoms. The van der Waals surface area contributed by atoms with E-state index < -0.39 is 0 Å². The van der Waals surface area contributed by atoms with E-state index in [2.05, 4.69) is 11.9 Å². The van der Waals surface area contributed by atoms with Gasteiger partial charge in [-0.3, -0.25) is 0 Å². The molecule has 0 aromatic carbocycles. The predicted octanol–water partition coefficient (Wildman–Crippen LogP) is 3.38. The molecule has 1 heterocycles. The molecule has 3 heteroatoms. The van der Waals surface area contributed by atoms with Gasteiger partial charge in [-0.1, -0.05) is 25.3 Å². The highest BCUT2D eigenvalue weighted by Crippen LogP contribution is 2.41. The van der Waals surface area contributed by atoms with Gasteiger partial charge in [0.25, 0.3) is 0 Å². The number of thioether (sulfide) groups is 1. The van der Waals surface area contributed by atoms with E-state index in [1.165, 1.54) is 50.7 Å². The standard InChI is InChI=1S/C15H27NOS/c1-2-11-18-12-10-16-13-14-6-9-15(17-14)7-4-3-5-8-15/h2,14,16H,1,3-13H2. The molecule has 1 aliphatic heterocycles. The van der Waals surface area contributed by atoms with E-state index in [0.717, 1.165) is 18.8 Å². The van der Waals surface area contributed by atoms with Gasteiger partial charge in [-0.15, -0.1) is 6.58 Å². The van der Waals surface area contributed by atoms with E-state index in [9.17, 15) is 0 Å². The molecule has 1 spiro atoms. The molecule has 1 saturated heterocycles. The molecule has 1 unspecified atom stereocenters. The summed E-state index contributed by atoms with van der Waals surface area (Å²) in [6.45, 7) is 5.86. The zero-order chi connectivity index (χ0) is 12.7. The maximum Gasteiger partial charge on any atom is 0.0708 e. The molecule has 1 N–H and O–H groups in total. The first kappa shape index (κ1) is 14.4. The second-order valence-corrected chi connectivity index (χ2v) is 6.74. The second-order valence-electron chi connectivity index (χ2n) is 5.59. The minimum Gasteiger partial charge on any atom is -0.370 e. The van der Waals surface area contributed by atoms with Gasteiger partial charge in [0.15, 0.2) is 0 Å². The van der Waals surface area contributed by atoms with Gasteiger partial charge in [0, 0.05) is 24.6 Å². The summed E-state index contributed by atoms with van der Waals surface area (Å²) in [6, 6.07) is 0. The fourth-order valence-electron chi connectivity index (χ4n) is 3.18. The van der Waals surface area contributed by atoms with Crippen molar-refractivity contribution >= 4 is 11.8 Å². The summed E-state index contributed by atoms with van der Waals surface area (Å²) in [7, 11) is 0. The third-order valence-electron chi connectivity index (χ3n) is 4.13. The zero-order valence-corrected chi connectivity index (χ0v) is 12.3. The lowest BCUT2D eigenvalue weighted by Gasteiger charge is -2.33. The van der Waals surface area contributed by atoms with Crippen molar-refractivity contribution in [3.05, 3.63) is 12.7 Å². The van der Waals surface area contributed by atoms with E-state index in [1.54, 1.807) is 0 Å². The Hall–Kier alpha value is 0.01000. The Labute approximate surface area is 116 Å². The minimum atomic E-state index is 0.280. The first-order valence-corrected chi connectivity index (χ1v) is 8.57. The molecule has 0 aromatic heterocycles. The average Bonchev–Trinajstić information content (AvgIpc) is 2.78. The van der Waals surface area contributed by atoms with Crippen molar-refractivity contribution in [2.75, 3.05) is 24.6 Å². The maximum atomic E-state index is 6.33. The van der Waals surface area contributed by atoms with Gasteiger partial charge in [0.1, 0.15) is 0 Å². The van der Waals surface area contributed by atoms with E-state index in [0.29, 0.717) is 6.10 Å². The summed E-state index contributed by atoms with van der Waals surface area (Å²) >= 11 is 1.94. The fraction of sp³-hybridized carbons (Fsp3) is 0.867. The normalized spacial score (nSPS) is 26.6. The molecule has 0 aromatic rings.